The van der Waals surface area contributed by atoms with Gasteiger partial charge in [0.15, 0.2) is 0 Å². The molecule has 3 rings (SSSR count). The van der Waals surface area contributed by atoms with Crippen LogP contribution < -0.4 is 4.90 Å². The number of carbonyl (C=O) groups is 2. The number of carbonyl (C=O) groups excluding carboxylic acids is 2. The van der Waals surface area contributed by atoms with Gasteiger partial charge in [-0.1, -0.05) is 48.5 Å². The van der Waals surface area contributed by atoms with Crippen LogP contribution in [0.1, 0.15) is 18.5 Å². The molecule has 1 saturated heterocycles. The lowest BCUT2D eigenvalue weighted by Crippen LogP contribution is -2.42. The van der Waals surface area contributed by atoms with E-state index in [0.29, 0.717) is 11.6 Å². The van der Waals surface area contributed by atoms with Gasteiger partial charge in [-0.15, -0.1) is 11.8 Å². The third-order valence-corrected chi connectivity index (χ3v) is 5.07. The van der Waals surface area contributed by atoms with Crippen LogP contribution in [-0.4, -0.2) is 34.9 Å². The van der Waals surface area contributed by atoms with E-state index < -0.39 is 0 Å². The summed E-state index contributed by atoms with van der Waals surface area (Å²) in [6.45, 7) is 2.14. The molecule has 0 bridgehead atoms. The maximum absolute atomic E-state index is 13.0. The minimum absolute atomic E-state index is 0.0359. The molecule has 124 valence electrons. The van der Waals surface area contributed by atoms with Crippen molar-refractivity contribution in [1.29, 1.82) is 0 Å². The van der Waals surface area contributed by atoms with Crippen molar-refractivity contribution >= 4 is 29.3 Å². The van der Waals surface area contributed by atoms with Crippen LogP contribution >= 0.6 is 11.8 Å². The molecule has 0 N–H and O–H groups in total. The second kappa shape index (κ2) is 7.53. The van der Waals surface area contributed by atoms with E-state index in [-0.39, 0.29) is 24.4 Å². The Labute approximate surface area is 146 Å². The highest BCUT2D eigenvalue weighted by molar-refractivity contribution is 8.00. The van der Waals surface area contributed by atoms with Gasteiger partial charge >= 0.3 is 0 Å². The molecular weight excluding hydrogens is 320 g/mol. The van der Waals surface area contributed by atoms with Crippen LogP contribution in [0.4, 0.5) is 5.69 Å². The first-order chi connectivity index (χ1) is 11.7. The number of rotatable bonds is 5. The number of nitrogens with zero attached hydrogens (tertiary/aromatic N) is 2. The van der Waals surface area contributed by atoms with Crippen molar-refractivity contribution in [3.63, 3.8) is 0 Å². The lowest BCUT2D eigenvalue weighted by molar-refractivity contribution is -0.131. The van der Waals surface area contributed by atoms with E-state index in [1.54, 1.807) is 21.6 Å². The average molecular weight is 340 g/mol. The van der Waals surface area contributed by atoms with Crippen molar-refractivity contribution in [2.75, 3.05) is 23.1 Å². The van der Waals surface area contributed by atoms with E-state index in [2.05, 4.69) is 0 Å². The molecule has 0 spiro atoms. The molecule has 5 heteroatoms. The van der Waals surface area contributed by atoms with Crippen molar-refractivity contribution in [3.8, 4) is 0 Å². The second-order valence-corrected chi connectivity index (χ2v) is 6.71. The van der Waals surface area contributed by atoms with Crippen LogP contribution in [0.3, 0.4) is 0 Å². The molecule has 2 aromatic rings. The quantitative estimate of drug-likeness (QED) is 0.838. The summed E-state index contributed by atoms with van der Waals surface area (Å²) in [6.07, 6.45) is 0. The number of hydrogen-bond donors (Lipinski definition) is 0. The highest BCUT2D eigenvalue weighted by Crippen LogP contribution is 2.27. The summed E-state index contributed by atoms with van der Waals surface area (Å²) in [5.74, 6) is 1.03. The van der Waals surface area contributed by atoms with E-state index >= 15 is 0 Å². The minimum atomic E-state index is -0.105. The number of para-hydroxylation sites is 1. The lowest BCUT2D eigenvalue weighted by atomic mass is 10.1. The van der Waals surface area contributed by atoms with Crippen molar-refractivity contribution < 1.29 is 9.59 Å². The Balaban J connectivity index is 1.87. The maximum Gasteiger partial charge on any atom is 0.247 e. The molecule has 24 heavy (non-hydrogen) atoms. The molecule has 0 radical (unpaired) electrons. The van der Waals surface area contributed by atoms with Gasteiger partial charge in [0, 0.05) is 5.69 Å². The zero-order valence-corrected chi connectivity index (χ0v) is 14.4. The van der Waals surface area contributed by atoms with E-state index in [1.807, 2.05) is 67.6 Å². The molecule has 1 atom stereocenters. The predicted octanol–water partition coefficient (Wildman–Crippen LogP) is 3.31. The van der Waals surface area contributed by atoms with Gasteiger partial charge < -0.3 is 9.80 Å². The molecule has 0 saturated carbocycles. The first-order valence-electron chi connectivity index (χ1n) is 7.94. The maximum atomic E-state index is 13.0. The molecule has 1 fully saturated rings. The molecule has 0 aromatic heterocycles. The number of anilines is 1. The Hall–Kier alpha value is -2.27. The van der Waals surface area contributed by atoms with Crippen molar-refractivity contribution in [2.24, 2.45) is 0 Å². The van der Waals surface area contributed by atoms with Crippen LogP contribution in [0.25, 0.3) is 0 Å². The number of amides is 2. The van der Waals surface area contributed by atoms with E-state index in [4.69, 9.17) is 0 Å². The van der Waals surface area contributed by atoms with Gasteiger partial charge in [0.25, 0.3) is 0 Å². The molecule has 0 aliphatic carbocycles. The first-order valence-corrected chi connectivity index (χ1v) is 9.10. The minimum Gasteiger partial charge on any atom is -0.323 e. The summed E-state index contributed by atoms with van der Waals surface area (Å²) in [7, 11) is 0. The van der Waals surface area contributed by atoms with Gasteiger partial charge in [0.2, 0.25) is 11.8 Å². The van der Waals surface area contributed by atoms with Crippen LogP contribution in [-0.2, 0) is 9.59 Å². The highest BCUT2D eigenvalue weighted by Gasteiger charge is 2.28. The Morgan fingerprint density at radius 1 is 1.12 bits per heavy atom. The van der Waals surface area contributed by atoms with Gasteiger partial charge in [-0.25, -0.2) is 0 Å². The molecule has 2 aromatic carbocycles. The smallest absolute Gasteiger partial charge is 0.247 e. The summed E-state index contributed by atoms with van der Waals surface area (Å²) < 4.78 is 0. The van der Waals surface area contributed by atoms with Gasteiger partial charge in [-0.2, -0.15) is 0 Å². The average Bonchev–Trinajstić information content (AvgIpc) is 3.01. The summed E-state index contributed by atoms with van der Waals surface area (Å²) >= 11 is 1.55. The molecular formula is C19H20N2O2S. The third kappa shape index (κ3) is 3.62. The Morgan fingerprint density at radius 3 is 2.33 bits per heavy atom. The largest absolute Gasteiger partial charge is 0.323 e. The fourth-order valence-electron chi connectivity index (χ4n) is 2.83. The van der Waals surface area contributed by atoms with E-state index in [9.17, 15) is 9.59 Å². The highest BCUT2D eigenvalue weighted by atomic mass is 32.2. The predicted molar refractivity (Wildman–Crippen MR) is 97.8 cm³/mol. The fraction of sp³-hybridized carbons (Fsp3) is 0.263. The van der Waals surface area contributed by atoms with E-state index in [1.165, 1.54) is 0 Å². The standard InChI is InChI=1S/C19H20N2O2S/c1-15(16-8-4-2-5-9-16)21(17-10-6-3-7-11-17)18(22)12-20-14-24-13-19(20)23/h2-11,15H,12-14H2,1H3/t15-/m1/s1. The van der Waals surface area contributed by atoms with Gasteiger partial charge in [-0.3, -0.25) is 9.59 Å². The van der Waals surface area contributed by atoms with Gasteiger partial charge in [0.1, 0.15) is 6.54 Å². The molecule has 1 aliphatic rings. The molecule has 1 aliphatic heterocycles. The fourth-order valence-corrected chi connectivity index (χ4v) is 3.74. The van der Waals surface area contributed by atoms with Crippen molar-refractivity contribution in [3.05, 3.63) is 66.2 Å². The van der Waals surface area contributed by atoms with E-state index in [0.717, 1.165) is 11.3 Å². The Bertz CT molecular complexity index is 706. The normalized spacial score (nSPS) is 15.4. The lowest BCUT2D eigenvalue weighted by Gasteiger charge is -2.31. The monoisotopic (exact) mass is 340 g/mol. The van der Waals surface area contributed by atoms with Crippen molar-refractivity contribution in [1.82, 2.24) is 4.90 Å². The Kier molecular flexibility index (Phi) is 5.20. The zero-order valence-electron chi connectivity index (χ0n) is 13.6. The Morgan fingerprint density at radius 2 is 1.75 bits per heavy atom. The number of hydrogen-bond acceptors (Lipinski definition) is 3. The molecule has 0 unspecified atom stereocenters. The number of benzene rings is 2. The summed E-state index contributed by atoms with van der Waals surface area (Å²) in [5.41, 5.74) is 1.91. The summed E-state index contributed by atoms with van der Waals surface area (Å²) in [4.78, 5) is 28.2. The molecule has 4 nitrogen and oxygen atoms in total. The zero-order chi connectivity index (χ0) is 16.9. The topological polar surface area (TPSA) is 40.6 Å². The van der Waals surface area contributed by atoms with Crippen LogP contribution in [0.15, 0.2) is 60.7 Å². The van der Waals surface area contributed by atoms with Crippen LogP contribution in [0.5, 0.6) is 0 Å². The third-order valence-electron chi connectivity index (χ3n) is 4.12. The number of thioether (sulfide) groups is 1. The molecule has 2 amide bonds. The SMILES string of the molecule is C[C@H](c1ccccc1)N(C(=O)CN1CSCC1=O)c1ccccc1. The second-order valence-electron chi connectivity index (χ2n) is 5.76. The van der Waals surface area contributed by atoms with Crippen LogP contribution in [0, 0.1) is 0 Å². The molecule has 1 heterocycles. The van der Waals surface area contributed by atoms with Crippen LogP contribution in [0.2, 0.25) is 0 Å². The summed E-state index contributed by atoms with van der Waals surface area (Å²) in [6, 6.07) is 19.5. The van der Waals surface area contributed by atoms with Gasteiger partial charge in [0.05, 0.1) is 17.7 Å². The van der Waals surface area contributed by atoms with Gasteiger partial charge in [-0.05, 0) is 24.6 Å². The van der Waals surface area contributed by atoms with Crippen molar-refractivity contribution in [2.45, 2.75) is 13.0 Å². The first kappa shape index (κ1) is 16.6. The summed E-state index contributed by atoms with van der Waals surface area (Å²) in [5, 5.41) is 0.